The highest BCUT2D eigenvalue weighted by Gasteiger charge is 2.27. The Bertz CT molecular complexity index is 859. The zero-order valence-corrected chi connectivity index (χ0v) is 15.6. The van der Waals surface area contributed by atoms with Crippen LogP contribution in [0.1, 0.15) is 48.9 Å². The van der Waals surface area contributed by atoms with E-state index in [1.54, 1.807) is 0 Å². The van der Waals surface area contributed by atoms with E-state index in [0.717, 1.165) is 68.0 Å². The third-order valence-corrected chi connectivity index (χ3v) is 5.34. The van der Waals surface area contributed by atoms with Crippen molar-refractivity contribution in [2.45, 2.75) is 37.6 Å². The summed E-state index contributed by atoms with van der Waals surface area (Å²) in [6.45, 7) is 2.57. The Kier molecular flexibility index (Phi) is 5.65. The molecule has 6 heteroatoms. The minimum absolute atomic E-state index is 0.367. The summed E-state index contributed by atoms with van der Waals surface area (Å²) in [7, 11) is 0. The van der Waals surface area contributed by atoms with Gasteiger partial charge in [-0.1, -0.05) is 30.3 Å². The number of nitrogens with two attached hydrogens (primary N) is 1. The molecule has 1 aliphatic rings. The van der Waals surface area contributed by atoms with Crippen LogP contribution >= 0.6 is 0 Å². The van der Waals surface area contributed by atoms with Crippen LogP contribution in [0.5, 0.6) is 0 Å². The highest BCUT2D eigenvalue weighted by molar-refractivity contribution is 5.79. The Morgan fingerprint density at radius 1 is 1.11 bits per heavy atom. The van der Waals surface area contributed by atoms with Crippen molar-refractivity contribution in [3.63, 3.8) is 0 Å². The van der Waals surface area contributed by atoms with Crippen LogP contribution in [0.2, 0.25) is 0 Å². The Balaban J connectivity index is 1.57. The first-order valence-corrected chi connectivity index (χ1v) is 9.92. The van der Waals surface area contributed by atoms with Crippen LogP contribution in [0.3, 0.4) is 0 Å². The van der Waals surface area contributed by atoms with E-state index in [4.69, 9.17) is 10.7 Å². The van der Waals surface area contributed by atoms with Gasteiger partial charge < -0.3 is 21.4 Å². The number of fused-ring (bicyclic) bond motifs is 1. The molecular formula is C21H28N6. The van der Waals surface area contributed by atoms with Crippen LogP contribution in [-0.4, -0.2) is 34.6 Å². The summed E-state index contributed by atoms with van der Waals surface area (Å²) in [5.74, 6) is 1.13. The maximum atomic E-state index is 5.58. The highest BCUT2D eigenvalue weighted by Crippen LogP contribution is 2.36. The molecular weight excluding hydrogens is 336 g/mol. The fraction of sp³-hybridized carbons (Fsp3) is 0.429. The summed E-state index contributed by atoms with van der Waals surface area (Å²) in [6, 6.07) is 13.1. The Hall–Kier alpha value is -2.44. The number of hydrogen-bond donors (Lipinski definition) is 4. The molecule has 6 nitrogen and oxygen atoms in total. The van der Waals surface area contributed by atoms with Crippen molar-refractivity contribution in [1.29, 1.82) is 0 Å². The molecule has 3 heterocycles. The fourth-order valence-corrected chi connectivity index (χ4v) is 3.92. The van der Waals surface area contributed by atoms with Gasteiger partial charge in [0.1, 0.15) is 0 Å². The summed E-state index contributed by atoms with van der Waals surface area (Å²) >= 11 is 0. The van der Waals surface area contributed by atoms with E-state index in [0.29, 0.717) is 12.0 Å². The molecule has 1 saturated heterocycles. The van der Waals surface area contributed by atoms with Crippen molar-refractivity contribution < 1.29 is 0 Å². The summed E-state index contributed by atoms with van der Waals surface area (Å²) < 4.78 is 0. The van der Waals surface area contributed by atoms with Gasteiger partial charge in [0.25, 0.3) is 0 Å². The number of H-pyrrole nitrogens is 1. The van der Waals surface area contributed by atoms with Gasteiger partial charge in [0.15, 0.2) is 0 Å². The van der Waals surface area contributed by atoms with E-state index >= 15 is 0 Å². The van der Waals surface area contributed by atoms with E-state index < -0.39 is 0 Å². The average molecular weight is 364 g/mol. The van der Waals surface area contributed by atoms with E-state index in [9.17, 15) is 0 Å². The first-order valence-electron chi connectivity index (χ1n) is 9.92. The molecule has 0 amide bonds. The molecule has 0 radical (unpaired) electrons. The van der Waals surface area contributed by atoms with Gasteiger partial charge in [-0.2, -0.15) is 0 Å². The van der Waals surface area contributed by atoms with Gasteiger partial charge in [0.2, 0.25) is 5.95 Å². The van der Waals surface area contributed by atoms with Gasteiger partial charge in [-0.25, -0.2) is 9.97 Å². The van der Waals surface area contributed by atoms with Crippen LogP contribution < -0.4 is 16.4 Å². The topological polar surface area (TPSA) is 91.6 Å². The number of piperidine rings is 1. The van der Waals surface area contributed by atoms with E-state index in [2.05, 4.69) is 50.9 Å². The fourth-order valence-electron chi connectivity index (χ4n) is 3.92. The molecule has 4 rings (SSSR count). The summed E-state index contributed by atoms with van der Waals surface area (Å²) in [6.07, 6.45) is 6.13. The number of nitrogens with zero attached hydrogens (tertiary/aromatic N) is 2. The number of aromatic nitrogens is 3. The van der Waals surface area contributed by atoms with Crippen molar-refractivity contribution in [3.05, 3.63) is 53.9 Å². The van der Waals surface area contributed by atoms with Gasteiger partial charge >= 0.3 is 0 Å². The molecule has 2 unspecified atom stereocenters. The molecule has 2 atom stereocenters. The SMILES string of the molecule is NCCCCNc1nc(C2CCNC(c3ccccc3)C2)c2[nH]ccc2n1. The molecule has 142 valence electrons. The van der Waals surface area contributed by atoms with E-state index in [1.165, 1.54) is 5.56 Å². The first-order chi connectivity index (χ1) is 13.3. The molecule has 1 aliphatic heterocycles. The molecule has 0 bridgehead atoms. The van der Waals surface area contributed by atoms with Crippen molar-refractivity contribution in [2.24, 2.45) is 5.73 Å². The molecule has 27 heavy (non-hydrogen) atoms. The monoisotopic (exact) mass is 364 g/mol. The van der Waals surface area contributed by atoms with Gasteiger partial charge in [0.05, 0.1) is 16.7 Å². The molecule has 0 saturated carbocycles. The molecule has 5 N–H and O–H groups in total. The Morgan fingerprint density at radius 2 is 2.00 bits per heavy atom. The number of anilines is 1. The third-order valence-electron chi connectivity index (χ3n) is 5.34. The predicted octanol–water partition coefficient (Wildman–Crippen LogP) is 3.32. The van der Waals surface area contributed by atoms with Gasteiger partial charge in [0, 0.05) is 24.7 Å². The number of unbranched alkanes of at least 4 members (excludes halogenated alkanes) is 1. The lowest BCUT2D eigenvalue weighted by Gasteiger charge is -2.30. The number of benzene rings is 1. The second-order valence-electron chi connectivity index (χ2n) is 7.23. The summed E-state index contributed by atoms with van der Waals surface area (Å²) in [5.41, 5.74) is 10.1. The van der Waals surface area contributed by atoms with Crippen LogP contribution in [0.25, 0.3) is 11.0 Å². The lowest BCUT2D eigenvalue weighted by atomic mass is 9.86. The van der Waals surface area contributed by atoms with E-state index in [1.807, 2.05) is 12.3 Å². The maximum absolute atomic E-state index is 5.58. The highest BCUT2D eigenvalue weighted by atomic mass is 15.1. The molecule has 1 fully saturated rings. The van der Waals surface area contributed by atoms with Gasteiger partial charge in [-0.15, -0.1) is 0 Å². The molecule has 0 aliphatic carbocycles. The van der Waals surface area contributed by atoms with Gasteiger partial charge in [-0.05, 0) is 50.4 Å². The Labute approximate surface area is 160 Å². The van der Waals surface area contributed by atoms with E-state index in [-0.39, 0.29) is 0 Å². The average Bonchev–Trinajstić information content (AvgIpc) is 3.20. The molecule has 0 spiro atoms. The Morgan fingerprint density at radius 3 is 2.85 bits per heavy atom. The number of rotatable bonds is 7. The molecule has 1 aromatic carbocycles. The van der Waals surface area contributed by atoms with Crippen molar-refractivity contribution >= 4 is 17.0 Å². The minimum Gasteiger partial charge on any atom is -0.358 e. The number of nitrogens with one attached hydrogen (secondary N) is 3. The van der Waals surface area contributed by atoms with Crippen LogP contribution in [0.4, 0.5) is 5.95 Å². The van der Waals surface area contributed by atoms with Crippen LogP contribution in [-0.2, 0) is 0 Å². The number of aromatic amines is 1. The van der Waals surface area contributed by atoms with Crippen molar-refractivity contribution in [3.8, 4) is 0 Å². The van der Waals surface area contributed by atoms with Crippen molar-refractivity contribution in [1.82, 2.24) is 20.3 Å². The standard InChI is InChI=1S/C21H28N6/c22-10-4-5-11-25-21-26-17-9-13-24-20(17)19(27-21)16-8-12-23-18(14-16)15-6-2-1-3-7-15/h1-3,6-7,9,13,16,18,23-24H,4-5,8,10-12,14,22H2,(H,25,26,27). The normalized spacial score (nSPS) is 20.0. The largest absolute Gasteiger partial charge is 0.358 e. The predicted molar refractivity (Wildman–Crippen MR) is 110 cm³/mol. The zero-order chi connectivity index (χ0) is 18.5. The lowest BCUT2D eigenvalue weighted by molar-refractivity contribution is 0.366. The zero-order valence-electron chi connectivity index (χ0n) is 15.6. The molecule has 2 aromatic heterocycles. The summed E-state index contributed by atoms with van der Waals surface area (Å²) in [4.78, 5) is 12.9. The number of hydrogen-bond acceptors (Lipinski definition) is 5. The third kappa shape index (κ3) is 4.12. The van der Waals surface area contributed by atoms with Crippen LogP contribution in [0.15, 0.2) is 42.6 Å². The molecule has 3 aromatic rings. The minimum atomic E-state index is 0.367. The van der Waals surface area contributed by atoms with Crippen molar-refractivity contribution in [2.75, 3.05) is 25.0 Å². The van der Waals surface area contributed by atoms with Crippen LogP contribution in [0, 0.1) is 0 Å². The van der Waals surface area contributed by atoms with Gasteiger partial charge in [-0.3, -0.25) is 0 Å². The first kappa shape index (κ1) is 17.9. The second-order valence-corrected chi connectivity index (χ2v) is 7.23. The second kappa shape index (κ2) is 8.50. The maximum Gasteiger partial charge on any atom is 0.223 e. The smallest absolute Gasteiger partial charge is 0.223 e. The summed E-state index contributed by atoms with van der Waals surface area (Å²) in [5, 5.41) is 7.04. The lowest BCUT2D eigenvalue weighted by Crippen LogP contribution is -2.31. The quantitative estimate of drug-likeness (QED) is 0.483.